The molecule has 12 heterocycles. The monoisotopic (exact) mass is 2050 g/mol. The number of hydrogen-bond donors (Lipinski definition) is 0. The van der Waals surface area contributed by atoms with Crippen molar-refractivity contribution < 1.29 is 84.3 Å². The molecule has 101 heavy (non-hydrogen) atoms. The molecule has 0 N–H and O–H groups in total. The van der Waals surface area contributed by atoms with Crippen molar-refractivity contribution in [3.05, 3.63) is 312 Å². The van der Waals surface area contributed by atoms with Crippen LogP contribution in [0.3, 0.4) is 0 Å². The smallest absolute Gasteiger partial charge is 0.490 e. The van der Waals surface area contributed by atoms with Crippen LogP contribution in [0.4, 0.5) is 0 Å². The Bertz CT molecular complexity index is 4800. The molecule has 0 radical (unpaired) electrons. The molecule has 0 aliphatic heterocycles. The summed E-state index contributed by atoms with van der Waals surface area (Å²) in [7, 11) is 0. The number of imidazole rings is 4. The maximum atomic E-state index is 4.58. The fourth-order valence-electron chi connectivity index (χ4n) is 10.1. The van der Waals surface area contributed by atoms with Gasteiger partial charge in [0.05, 0.1) is 22.8 Å². The van der Waals surface area contributed by atoms with Gasteiger partial charge in [-0.15, -0.1) is 83.4 Å². The van der Waals surface area contributed by atoms with Gasteiger partial charge in [0.15, 0.2) is 11.6 Å². The Morgan fingerprint density at radius 1 is 0.327 bits per heavy atom. The van der Waals surface area contributed by atoms with Crippen molar-refractivity contribution in [2.75, 3.05) is 0 Å². The van der Waals surface area contributed by atoms with E-state index >= 15 is 0 Å². The van der Waals surface area contributed by atoms with Gasteiger partial charge in [0.1, 0.15) is 0 Å². The summed E-state index contributed by atoms with van der Waals surface area (Å²) in [5.41, 5.74) is 16.3. The number of benzene rings is 4. The van der Waals surface area contributed by atoms with E-state index in [1.54, 1.807) is 83.7 Å². The molecule has 28 heteroatoms. The zero-order valence-electron chi connectivity index (χ0n) is 54.5. The Morgan fingerprint density at radius 3 is 1.08 bits per heavy atom. The van der Waals surface area contributed by atoms with Gasteiger partial charge in [0.25, 0.3) is 11.9 Å². The SMILES string of the molecule is Cc1cc(C)n(-c2[c-]c(Cc3ccnc(-c4ncc[n-]4)n3)ccc2)n1.Cc1ccn(-c2[c-]c(Cc3ccnc(-c4ncc[n-]4)n3)ccc2)n1.Cc1ccn(-c2nccc(Cc3[c-]c(-c4ncc[n-]4)ccc3)n2)n1.Cc1ccn(-c2nccc(Cc3[c-]c(-c4ncc[n-]4)ccc3)n2)n1.[Pt+2].[Pt+2].[Pt+2].[Pt+2]. The van der Waals surface area contributed by atoms with E-state index in [0.29, 0.717) is 72.5 Å². The Labute approximate surface area is 639 Å². The van der Waals surface area contributed by atoms with Crippen molar-refractivity contribution in [1.29, 1.82) is 0 Å². The number of aryl methyl sites for hydroxylation is 5. The normalized spacial score (nSPS) is 10.5. The van der Waals surface area contributed by atoms with Crippen LogP contribution in [-0.4, -0.2) is 98.9 Å². The molecule has 0 unspecified atom stereocenters. The number of aromatic nitrogens is 24. The second-order valence-electron chi connectivity index (χ2n) is 22.0. The number of nitrogens with zero attached hydrogens (tertiary/aromatic N) is 24. The number of hydrogen-bond acceptors (Lipinski definition) is 16. The third-order valence-corrected chi connectivity index (χ3v) is 14.5. The molecular formula is C73H58N24Pt4. The summed E-state index contributed by atoms with van der Waals surface area (Å²) >= 11 is 0. The first-order valence-corrected chi connectivity index (χ1v) is 30.7. The average molecular weight is 2050 g/mol. The van der Waals surface area contributed by atoms with Crippen LogP contribution in [0.25, 0.3) is 69.3 Å². The number of rotatable bonds is 16. The molecule has 0 saturated carbocycles. The van der Waals surface area contributed by atoms with Crippen molar-refractivity contribution in [2.24, 2.45) is 0 Å². The van der Waals surface area contributed by atoms with Crippen molar-refractivity contribution in [1.82, 2.24) is 119 Å². The Hall–Kier alpha value is -10.4. The second kappa shape index (κ2) is 36.1. The van der Waals surface area contributed by atoms with E-state index in [1.807, 2.05) is 178 Å². The first kappa shape index (κ1) is 74.8. The van der Waals surface area contributed by atoms with E-state index in [4.69, 9.17) is 0 Å². The quantitative estimate of drug-likeness (QED) is 0.0813. The van der Waals surface area contributed by atoms with E-state index < -0.39 is 0 Å². The van der Waals surface area contributed by atoms with Crippen LogP contribution in [0.5, 0.6) is 0 Å². The van der Waals surface area contributed by atoms with Gasteiger partial charge in [-0.1, -0.05) is 49.6 Å². The fraction of sp³-hybridized carbons (Fsp3) is 0.123. The molecule has 12 aromatic heterocycles. The van der Waals surface area contributed by atoms with E-state index in [2.05, 4.69) is 130 Å². The van der Waals surface area contributed by atoms with Gasteiger partial charge in [0.2, 0.25) is 0 Å². The van der Waals surface area contributed by atoms with Gasteiger partial charge in [-0.05, 0) is 132 Å². The minimum Gasteiger partial charge on any atom is -0.490 e. The van der Waals surface area contributed by atoms with Crippen LogP contribution in [0.1, 0.15) is 73.5 Å². The molecular weight excluding hydrogens is 1990 g/mol. The van der Waals surface area contributed by atoms with Crippen molar-refractivity contribution in [2.45, 2.75) is 60.3 Å². The summed E-state index contributed by atoms with van der Waals surface area (Å²) in [5.74, 6) is 4.67. The first-order chi connectivity index (χ1) is 47.5. The second-order valence-corrected chi connectivity index (χ2v) is 22.0. The van der Waals surface area contributed by atoms with Crippen LogP contribution in [-0.2, 0) is 110 Å². The third-order valence-electron chi connectivity index (χ3n) is 14.5. The fourth-order valence-corrected chi connectivity index (χ4v) is 10.1. The van der Waals surface area contributed by atoms with Gasteiger partial charge < -0.3 is 39.9 Å². The summed E-state index contributed by atoms with van der Waals surface area (Å²) < 4.78 is 7.08. The van der Waals surface area contributed by atoms with Crippen LogP contribution in [0, 0.1) is 58.9 Å². The summed E-state index contributed by atoms with van der Waals surface area (Å²) in [5, 5.41) is 17.6. The van der Waals surface area contributed by atoms with E-state index in [-0.39, 0.29) is 84.3 Å². The van der Waals surface area contributed by atoms with E-state index in [9.17, 15) is 0 Å². The minimum absolute atomic E-state index is 0. The first-order valence-electron chi connectivity index (χ1n) is 30.7. The van der Waals surface area contributed by atoms with Crippen molar-refractivity contribution in [3.63, 3.8) is 0 Å². The molecule has 0 spiro atoms. The maximum Gasteiger partial charge on any atom is 2.00 e. The van der Waals surface area contributed by atoms with Gasteiger partial charge >= 0.3 is 84.3 Å². The molecule has 24 nitrogen and oxygen atoms in total. The molecule has 16 aromatic rings. The minimum atomic E-state index is 0. The van der Waals surface area contributed by atoms with Gasteiger partial charge in [-0.3, -0.25) is 9.36 Å². The summed E-state index contributed by atoms with van der Waals surface area (Å²) in [6, 6.07) is 53.0. The van der Waals surface area contributed by atoms with Crippen molar-refractivity contribution in [3.8, 4) is 69.3 Å². The van der Waals surface area contributed by atoms with Gasteiger partial charge in [0, 0.05) is 71.8 Å². The molecule has 0 aliphatic rings. The van der Waals surface area contributed by atoms with E-state index in [1.165, 1.54) is 0 Å². The topological polar surface area (TPSA) is 282 Å². The summed E-state index contributed by atoms with van der Waals surface area (Å²) in [6.07, 6.45) is 28.5. The van der Waals surface area contributed by atoms with Crippen LogP contribution < -0.4 is 19.9 Å². The zero-order valence-corrected chi connectivity index (χ0v) is 63.6. The van der Waals surface area contributed by atoms with Crippen LogP contribution >= 0.6 is 0 Å². The van der Waals surface area contributed by atoms with Crippen LogP contribution in [0.2, 0.25) is 0 Å². The standard InChI is InChI=1S/C19H16N6.3C18H14N6.4Pt/c1-13-10-14(2)25(24-13)17-5-3-4-15(12-17)11-16-6-7-20-19(23-16)18-21-8-9-22-18;1-13-6-10-24(23-13)16-4-2-3-14(12-16)11-15-5-7-19-18(22-15)17-20-8-9-21-17;2*1-13-6-10-24(23-13)18-21-7-5-16(22-18)12-14-3-2-4-15(11-14)17-19-8-9-20-17;;;;/h3-10H,11H2,1-2H3;2-10H,11H2,1H3;2*2-10H,12H2,1H3;;;;/q4*-2;4*+2. The molecule has 0 fully saturated rings. The van der Waals surface area contributed by atoms with Gasteiger partial charge in [-0.25, -0.2) is 49.2 Å². The molecule has 16 rings (SSSR count). The van der Waals surface area contributed by atoms with Crippen LogP contribution in [0.15, 0.2) is 214 Å². The molecule has 510 valence electrons. The largest absolute Gasteiger partial charge is 2.00 e. The zero-order chi connectivity index (χ0) is 66.3. The molecule has 0 atom stereocenters. The van der Waals surface area contributed by atoms with E-state index in [0.717, 1.165) is 96.0 Å². The molecule has 0 bridgehead atoms. The molecule has 0 amide bonds. The molecule has 0 saturated heterocycles. The Kier molecular flexibility index (Phi) is 26.8. The average Bonchev–Trinajstić information content (AvgIpc) is 1.80. The van der Waals surface area contributed by atoms with Crippen molar-refractivity contribution >= 4 is 0 Å². The molecule has 0 aliphatic carbocycles. The van der Waals surface area contributed by atoms with Gasteiger partial charge in [-0.2, -0.15) is 79.0 Å². The maximum absolute atomic E-state index is 4.58. The predicted molar refractivity (Wildman–Crippen MR) is 359 cm³/mol. The third kappa shape index (κ3) is 20.2. The summed E-state index contributed by atoms with van der Waals surface area (Å²) in [4.78, 5) is 68.7. The summed E-state index contributed by atoms with van der Waals surface area (Å²) in [6.45, 7) is 9.87. The Balaban J connectivity index is 0.000000155. The molecule has 4 aromatic carbocycles. The Morgan fingerprint density at radius 2 is 0.693 bits per heavy atom. The predicted octanol–water partition coefficient (Wildman–Crippen LogP) is 9.82.